The van der Waals surface area contributed by atoms with E-state index in [0.717, 1.165) is 6.42 Å². The van der Waals surface area contributed by atoms with E-state index >= 15 is 0 Å². The maximum absolute atomic E-state index is 11.5. The van der Waals surface area contributed by atoms with Gasteiger partial charge in [-0.2, -0.15) is 0 Å². The van der Waals surface area contributed by atoms with Crippen molar-refractivity contribution in [2.45, 2.75) is 26.2 Å². The van der Waals surface area contributed by atoms with Gasteiger partial charge in [0, 0.05) is 13.2 Å². The van der Waals surface area contributed by atoms with Crippen LogP contribution in [0.25, 0.3) is 0 Å². The quantitative estimate of drug-likeness (QED) is 0.455. The van der Waals surface area contributed by atoms with Gasteiger partial charge in [-0.05, 0) is 36.8 Å². The van der Waals surface area contributed by atoms with Crippen LogP contribution in [-0.2, 0) is 4.74 Å². The third-order valence-corrected chi connectivity index (χ3v) is 4.16. The Hall–Kier alpha value is -2.08. The number of nitrogens with zero attached hydrogens (tertiary/aromatic N) is 2. The zero-order valence-corrected chi connectivity index (χ0v) is 14.1. The molecule has 124 valence electrons. The second-order valence-electron chi connectivity index (χ2n) is 5.82. The molecule has 0 bridgehead atoms. The number of halogens is 1. The summed E-state index contributed by atoms with van der Waals surface area (Å²) < 4.78 is 5.60. The van der Waals surface area contributed by atoms with Crippen molar-refractivity contribution in [3.05, 3.63) is 34.8 Å². The van der Waals surface area contributed by atoms with Crippen molar-refractivity contribution in [1.29, 1.82) is 0 Å². The van der Waals surface area contributed by atoms with Crippen molar-refractivity contribution >= 4 is 29.5 Å². The van der Waals surface area contributed by atoms with Crippen LogP contribution in [0.5, 0.6) is 0 Å². The zero-order chi connectivity index (χ0) is 16.9. The van der Waals surface area contributed by atoms with E-state index in [4.69, 9.17) is 22.1 Å². The lowest BCUT2D eigenvalue weighted by atomic mass is 10.1. The number of aliphatic imine (C=N–C) groups is 1. The van der Waals surface area contributed by atoms with E-state index < -0.39 is 0 Å². The van der Waals surface area contributed by atoms with E-state index in [1.807, 2.05) is 0 Å². The first-order chi connectivity index (χ1) is 11.0. The molecule has 7 heteroatoms. The fraction of sp³-hybridized carbons (Fsp3) is 0.438. The van der Waals surface area contributed by atoms with Crippen LogP contribution < -0.4 is 11.1 Å². The van der Waals surface area contributed by atoms with Crippen LogP contribution in [0.1, 0.15) is 36.5 Å². The third kappa shape index (κ3) is 4.96. The third-order valence-electron chi connectivity index (χ3n) is 3.87. The molecule has 0 atom stereocenters. The van der Waals surface area contributed by atoms with Gasteiger partial charge in [0.2, 0.25) is 0 Å². The number of carbonyl (C=O) groups is 1. The molecular formula is C16H21ClN4O2. The van der Waals surface area contributed by atoms with Gasteiger partial charge < -0.3 is 15.8 Å². The summed E-state index contributed by atoms with van der Waals surface area (Å²) in [5.74, 6) is 0.555. The Morgan fingerprint density at radius 3 is 2.87 bits per heavy atom. The number of nitrogens with one attached hydrogen (secondary N) is 1. The van der Waals surface area contributed by atoms with Crippen molar-refractivity contribution in [2.24, 2.45) is 16.1 Å². The minimum atomic E-state index is -0.294. The molecule has 0 unspecified atom stereocenters. The molecular weight excluding hydrogens is 316 g/mol. The van der Waals surface area contributed by atoms with Crippen LogP contribution >= 0.6 is 11.6 Å². The standard InChI is InChI=1S/C16H21ClN4O2/c1-16(5-6-16)7-8-23-11(9-18)10-20-13-4-3-12(14(17)21-13)15(22)19-2/h3-4,9-10H,5-8,18H2,1-2H3,(H,19,22). The Labute approximate surface area is 140 Å². The maximum Gasteiger partial charge on any atom is 0.254 e. The highest BCUT2D eigenvalue weighted by atomic mass is 35.5. The number of allylic oxidation sites excluding steroid dienone is 1. The number of hydrogen-bond donors (Lipinski definition) is 2. The minimum Gasteiger partial charge on any atom is -0.490 e. The van der Waals surface area contributed by atoms with E-state index in [1.54, 1.807) is 12.1 Å². The Kier molecular flexibility index (Phi) is 5.60. The summed E-state index contributed by atoms with van der Waals surface area (Å²) in [6.07, 6.45) is 6.37. The molecule has 2 rings (SSSR count). The molecule has 6 nitrogen and oxygen atoms in total. The number of ether oxygens (including phenoxy) is 1. The first kappa shape index (κ1) is 17.3. The molecule has 0 radical (unpaired) electrons. The van der Waals surface area contributed by atoms with Gasteiger partial charge in [-0.1, -0.05) is 18.5 Å². The number of hydrogen-bond acceptors (Lipinski definition) is 5. The van der Waals surface area contributed by atoms with Crippen molar-refractivity contribution < 1.29 is 9.53 Å². The Balaban J connectivity index is 1.94. The zero-order valence-electron chi connectivity index (χ0n) is 13.3. The van der Waals surface area contributed by atoms with Crippen LogP contribution in [0.2, 0.25) is 5.15 Å². The minimum absolute atomic E-state index is 0.0971. The first-order valence-electron chi connectivity index (χ1n) is 7.45. The van der Waals surface area contributed by atoms with Crippen LogP contribution in [-0.4, -0.2) is 30.8 Å². The van der Waals surface area contributed by atoms with Crippen molar-refractivity contribution in [2.75, 3.05) is 13.7 Å². The summed E-state index contributed by atoms with van der Waals surface area (Å²) >= 11 is 5.98. The Morgan fingerprint density at radius 1 is 1.57 bits per heavy atom. The Morgan fingerprint density at radius 2 is 2.30 bits per heavy atom. The van der Waals surface area contributed by atoms with Crippen molar-refractivity contribution in [3.8, 4) is 0 Å². The summed E-state index contributed by atoms with van der Waals surface area (Å²) in [6, 6.07) is 3.17. The second-order valence-corrected chi connectivity index (χ2v) is 6.18. The average Bonchev–Trinajstić information content (AvgIpc) is 3.27. The highest BCUT2D eigenvalue weighted by molar-refractivity contribution is 6.32. The molecule has 1 aromatic heterocycles. The van der Waals surface area contributed by atoms with Crippen LogP contribution in [0, 0.1) is 5.41 Å². The smallest absolute Gasteiger partial charge is 0.254 e. The normalized spacial score (nSPS) is 16.4. The molecule has 1 fully saturated rings. The lowest BCUT2D eigenvalue weighted by Crippen LogP contribution is -2.18. The first-order valence-corrected chi connectivity index (χ1v) is 7.82. The van der Waals surface area contributed by atoms with E-state index in [9.17, 15) is 4.79 Å². The van der Waals surface area contributed by atoms with E-state index in [0.29, 0.717) is 29.2 Å². The molecule has 0 saturated heterocycles. The topological polar surface area (TPSA) is 89.6 Å². The van der Waals surface area contributed by atoms with Gasteiger partial charge in [-0.25, -0.2) is 9.98 Å². The second kappa shape index (κ2) is 7.46. The average molecular weight is 337 g/mol. The van der Waals surface area contributed by atoms with Gasteiger partial charge in [-0.3, -0.25) is 4.79 Å². The summed E-state index contributed by atoms with van der Waals surface area (Å²) in [6.45, 7) is 2.85. The molecule has 0 spiro atoms. The van der Waals surface area contributed by atoms with Gasteiger partial charge in [0.15, 0.2) is 11.6 Å². The van der Waals surface area contributed by atoms with Crippen LogP contribution in [0.4, 0.5) is 5.82 Å². The molecule has 1 aliphatic carbocycles. The predicted molar refractivity (Wildman–Crippen MR) is 91.0 cm³/mol. The van der Waals surface area contributed by atoms with Gasteiger partial charge in [0.25, 0.3) is 5.91 Å². The van der Waals surface area contributed by atoms with Gasteiger partial charge in [-0.15, -0.1) is 0 Å². The number of carbonyl (C=O) groups excluding carboxylic acids is 1. The van der Waals surface area contributed by atoms with Crippen molar-refractivity contribution in [3.63, 3.8) is 0 Å². The van der Waals surface area contributed by atoms with E-state index in [1.165, 1.54) is 32.3 Å². The summed E-state index contributed by atoms with van der Waals surface area (Å²) in [5.41, 5.74) is 6.27. The molecule has 1 amide bonds. The monoisotopic (exact) mass is 336 g/mol. The van der Waals surface area contributed by atoms with Crippen LogP contribution in [0.15, 0.2) is 29.1 Å². The molecule has 1 aliphatic rings. The fourth-order valence-electron chi connectivity index (χ4n) is 1.94. The lowest BCUT2D eigenvalue weighted by molar-refractivity contribution is 0.0963. The summed E-state index contributed by atoms with van der Waals surface area (Å²) in [4.78, 5) is 19.8. The van der Waals surface area contributed by atoms with Crippen molar-refractivity contribution in [1.82, 2.24) is 10.3 Å². The highest BCUT2D eigenvalue weighted by Gasteiger charge is 2.36. The van der Waals surface area contributed by atoms with Gasteiger partial charge in [0.05, 0.1) is 18.4 Å². The van der Waals surface area contributed by atoms with E-state index in [2.05, 4.69) is 22.2 Å². The molecule has 1 heterocycles. The molecule has 1 aromatic rings. The largest absolute Gasteiger partial charge is 0.490 e. The molecule has 23 heavy (non-hydrogen) atoms. The van der Waals surface area contributed by atoms with Gasteiger partial charge >= 0.3 is 0 Å². The molecule has 0 aliphatic heterocycles. The fourth-order valence-corrected chi connectivity index (χ4v) is 2.17. The number of nitrogens with two attached hydrogens (primary N) is 1. The molecule has 1 saturated carbocycles. The molecule has 3 N–H and O–H groups in total. The van der Waals surface area contributed by atoms with Gasteiger partial charge in [0.1, 0.15) is 5.15 Å². The van der Waals surface area contributed by atoms with Crippen LogP contribution in [0.3, 0.4) is 0 Å². The number of aromatic nitrogens is 1. The number of amides is 1. The number of rotatable bonds is 7. The molecule has 0 aromatic carbocycles. The van der Waals surface area contributed by atoms with E-state index in [-0.39, 0.29) is 11.1 Å². The summed E-state index contributed by atoms with van der Waals surface area (Å²) in [5, 5.41) is 2.59. The predicted octanol–water partition coefficient (Wildman–Crippen LogP) is 2.80. The summed E-state index contributed by atoms with van der Waals surface area (Å²) in [7, 11) is 1.53. The number of pyridine rings is 1. The SMILES string of the molecule is CNC(=O)c1ccc(N=CC(=CN)OCCC2(C)CC2)nc1Cl. The lowest BCUT2D eigenvalue weighted by Gasteiger charge is -2.09. The maximum atomic E-state index is 11.5. The highest BCUT2D eigenvalue weighted by Crippen LogP contribution is 2.47. The Bertz CT molecular complexity index is 639.